The van der Waals surface area contributed by atoms with Crippen molar-refractivity contribution >= 4 is 45.4 Å². The predicted molar refractivity (Wildman–Crippen MR) is 432 cm³/mol. The summed E-state index contributed by atoms with van der Waals surface area (Å²) in [5.74, 6) is -0.846. The molecule has 4 amide bonds. The SMILES string of the molecule is CCCCCCCCCCCCCC(=O)NC(COCC[C@@H](CCCCCCC)OC(=O)CCCCCCCCCCC)COP(=O)(O)OCCNC(=O)NCCOP(=O)(O)OCC(COCC[C@@H](CCCCCCC)OC(=O)CCCCCCCCCCC)NC(=O)CCCCCCCCCCCCC.[Na+]. The molecular formula is C83H164N4NaO17P2+. The molecule has 0 bridgehead atoms. The van der Waals surface area contributed by atoms with Gasteiger partial charge in [0.15, 0.2) is 0 Å². The Labute approximate surface area is 676 Å². The summed E-state index contributed by atoms with van der Waals surface area (Å²) in [6.07, 6.45) is 59.9. The van der Waals surface area contributed by atoms with Crippen molar-refractivity contribution in [1.82, 2.24) is 21.3 Å². The molecule has 6 atom stereocenters. The average Bonchev–Trinajstić information content (AvgIpc) is 0.919. The number of carbonyl (C=O) groups excluding carboxylic acids is 5. The summed E-state index contributed by atoms with van der Waals surface area (Å²) in [7, 11) is -9.41. The van der Waals surface area contributed by atoms with Gasteiger partial charge in [-0.05, 0) is 51.4 Å². The zero-order valence-corrected chi connectivity index (χ0v) is 73.6. The number of carbonyl (C=O) groups is 5. The van der Waals surface area contributed by atoms with Crippen molar-refractivity contribution in [3.63, 3.8) is 0 Å². The second-order valence-electron chi connectivity index (χ2n) is 30.0. The Hall–Kier alpha value is -1.71. The van der Waals surface area contributed by atoms with Crippen LogP contribution in [0.2, 0.25) is 0 Å². The summed E-state index contributed by atoms with van der Waals surface area (Å²) < 4.78 is 71.7. The van der Waals surface area contributed by atoms with Crippen molar-refractivity contribution in [2.75, 3.05) is 65.9 Å². The van der Waals surface area contributed by atoms with E-state index < -0.39 is 60.2 Å². The molecule has 0 aliphatic heterocycles. The summed E-state index contributed by atoms with van der Waals surface area (Å²) in [4.78, 5) is 86.8. The van der Waals surface area contributed by atoms with E-state index in [-0.39, 0.29) is 118 Å². The first-order chi connectivity index (χ1) is 51.5. The van der Waals surface area contributed by atoms with Gasteiger partial charge in [-0.3, -0.25) is 37.3 Å². The Morgan fingerprint density at radius 2 is 0.542 bits per heavy atom. The molecule has 0 aromatic rings. The van der Waals surface area contributed by atoms with E-state index in [9.17, 15) is 42.9 Å². The Morgan fingerprint density at radius 1 is 0.299 bits per heavy atom. The van der Waals surface area contributed by atoms with Crippen molar-refractivity contribution in [2.24, 2.45) is 0 Å². The van der Waals surface area contributed by atoms with Crippen LogP contribution in [0.25, 0.3) is 0 Å². The molecule has 107 heavy (non-hydrogen) atoms. The number of hydrogen-bond donors (Lipinski definition) is 6. The summed E-state index contributed by atoms with van der Waals surface area (Å²) in [5.41, 5.74) is 0. The molecule has 0 aromatic carbocycles. The van der Waals surface area contributed by atoms with Crippen molar-refractivity contribution in [3.8, 4) is 0 Å². The molecule has 6 N–H and O–H groups in total. The molecule has 24 heteroatoms. The summed E-state index contributed by atoms with van der Waals surface area (Å²) in [6.45, 7) is 11.6. The second kappa shape index (κ2) is 80.9. The topological polar surface area (TPSA) is 282 Å². The number of ether oxygens (including phenoxy) is 4. The van der Waals surface area contributed by atoms with Gasteiger partial charge in [-0.15, -0.1) is 0 Å². The Morgan fingerprint density at radius 3 is 0.813 bits per heavy atom. The number of amides is 4. The third-order valence-electron chi connectivity index (χ3n) is 19.5. The summed E-state index contributed by atoms with van der Waals surface area (Å²) >= 11 is 0. The van der Waals surface area contributed by atoms with Crippen LogP contribution in [-0.2, 0) is 65.4 Å². The van der Waals surface area contributed by atoms with E-state index in [1.165, 1.54) is 167 Å². The molecule has 0 heterocycles. The number of hydrogen-bond acceptors (Lipinski definition) is 15. The maximum Gasteiger partial charge on any atom is 1.00 e. The fraction of sp³-hybridized carbons (Fsp3) is 0.940. The molecule has 0 spiro atoms. The van der Waals surface area contributed by atoms with Crippen LogP contribution in [-0.4, -0.2) is 130 Å². The van der Waals surface area contributed by atoms with Gasteiger partial charge < -0.3 is 50.0 Å². The first-order valence-electron chi connectivity index (χ1n) is 43.9. The van der Waals surface area contributed by atoms with Gasteiger partial charge in [-0.25, -0.2) is 13.9 Å². The second-order valence-corrected chi connectivity index (χ2v) is 32.9. The zero-order chi connectivity index (χ0) is 77.8. The van der Waals surface area contributed by atoms with Gasteiger partial charge in [0.1, 0.15) is 12.2 Å². The van der Waals surface area contributed by atoms with E-state index in [0.29, 0.717) is 38.5 Å². The minimum atomic E-state index is -4.70. The first kappa shape index (κ1) is 107. The Bertz CT molecular complexity index is 1970. The zero-order valence-electron chi connectivity index (χ0n) is 69.8. The Kier molecular flexibility index (Phi) is 81.1. The molecule has 0 saturated heterocycles. The van der Waals surface area contributed by atoms with Crippen LogP contribution in [0, 0.1) is 0 Å². The van der Waals surface area contributed by atoms with Gasteiger partial charge in [0.25, 0.3) is 0 Å². The molecular weight excluding hydrogens is 1410 g/mol. The molecule has 0 aliphatic rings. The van der Waals surface area contributed by atoms with Crippen LogP contribution in [0.4, 0.5) is 4.79 Å². The Balaban J connectivity index is 0. The number of nitrogens with one attached hydrogen (secondary N) is 4. The molecule has 4 unspecified atom stereocenters. The number of phosphoric acid groups is 2. The van der Waals surface area contributed by atoms with Gasteiger partial charge in [0.2, 0.25) is 11.8 Å². The number of rotatable bonds is 84. The minimum Gasteiger partial charge on any atom is -0.462 e. The van der Waals surface area contributed by atoms with Gasteiger partial charge in [-0.1, -0.05) is 324 Å². The van der Waals surface area contributed by atoms with Crippen LogP contribution in [0.1, 0.15) is 414 Å². The normalized spacial score (nSPS) is 13.8. The average molecular weight is 1580 g/mol. The maximum atomic E-state index is 13.3. The maximum absolute atomic E-state index is 13.3. The van der Waals surface area contributed by atoms with Gasteiger partial charge >= 0.3 is 63.2 Å². The van der Waals surface area contributed by atoms with E-state index in [0.717, 1.165) is 154 Å². The molecule has 0 radical (unpaired) electrons. The predicted octanol–water partition coefficient (Wildman–Crippen LogP) is 19.1. The number of esters is 2. The van der Waals surface area contributed by atoms with Crippen LogP contribution in [0.15, 0.2) is 0 Å². The van der Waals surface area contributed by atoms with E-state index in [4.69, 9.17) is 37.0 Å². The number of unbranched alkanes of at least 4 members (excludes halogenated alkanes) is 44. The van der Waals surface area contributed by atoms with E-state index in [2.05, 4.69) is 62.8 Å². The van der Waals surface area contributed by atoms with E-state index in [1.807, 2.05) is 0 Å². The summed E-state index contributed by atoms with van der Waals surface area (Å²) in [6, 6.07) is -2.32. The quantitative estimate of drug-likeness (QED) is 0.0143. The fourth-order valence-corrected chi connectivity index (χ4v) is 14.5. The molecule has 628 valence electrons. The van der Waals surface area contributed by atoms with Crippen LogP contribution >= 0.6 is 15.6 Å². The number of phosphoric ester groups is 2. The molecule has 0 saturated carbocycles. The molecule has 0 aliphatic carbocycles. The van der Waals surface area contributed by atoms with E-state index >= 15 is 0 Å². The van der Waals surface area contributed by atoms with Crippen molar-refractivity contribution < 1.29 is 109 Å². The molecule has 0 rings (SSSR count). The van der Waals surface area contributed by atoms with Gasteiger partial charge in [0.05, 0.1) is 64.9 Å². The number of urea groups is 1. The largest absolute Gasteiger partial charge is 1.00 e. The van der Waals surface area contributed by atoms with Crippen LogP contribution < -0.4 is 50.8 Å². The summed E-state index contributed by atoms with van der Waals surface area (Å²) in [5, 5.41) is 10.8. The van der Waals surface area contributed by atoms with Crippen molar-refractivity contribution in [2.45, 2.75) is 438 Å². The first-order valence-corrected chi connectivity index (χ1v) is 46.9. The standard InChI is InChI=1S/C83H164N4O17P2.Na/c1-7-13-19-25-29-33-35-39-41-47-53-59-79(88)86-75(71-97-67-63-77(57-51-45-23-17-11-5)103-81(90)61-55-49-43-37-31-27-21-15-9-3)73-101-105(93,94)99-69-65-84-83(92)85-66-70-100-106(95,96)102-74-76(87-80(89)60-54-48-42-40-36-34-30-26-20-14-8-2)72-98-68-64-78(58-52-46-24-18-12-6)104-82(91)62-56-50-44-38-32-28-22-16-10-4;/h75-78H,7-74H2,1-6H3,(H,86,88)(H,87,89)(H,93,94)(H,95,96)(H2,84,85,92);/q;+1/t75?,76?,77-,78-;/m1./s1. The third-order valence-corrected chi connectivity index (χ3v) is 21.5. The van der Waals surface area contributed by atoms with Crippen LogP contribution in [0.3, 0.4) is 0 Å². The van der Waals surface area contributed by atoms with E-state index in [1.54, 1.807) is 0 Å². The van der Waals surface area contributed by atoms with Crippen LogP contribution in [0.5, 0.6) is 0 Å². The smallest absolute Gasteiger partial charge is 0.462 e. The minimum absolute atomic E-state index is 0. The van der Waals surface area contributed by atoms with Crippen molar-refractivity contribution in [1.29, 1.82) is 0 Å². The fourth-order valence-electron chi connectivity index (χ4n) is 12.9. The van der Waals surface area contributed by atoms with Gasteiger partial charge in [-0.2, -0.15) is 0 Å². The molecule has 0 aromatic heterocycles. The third kappa shape index (κ3) is 78.0. The molecule has 21 nitrogen and oxygen atoms in total. The monoisotopic (exact) mass is 1570 g/mol. The van der Waals surface area contributed by atoms with Crippen molar-refractivity contribution in [3.05, 3.63) is 0 Å². The molecule has 0 fully saturated rings. The van der Waals surface area contributed by atoms with Gasteiger partial charge in [0, 0.05) is 51.6 Å².